The quantitative estimate of drug-likeness (QED) is 0.0688. The van der Waals surface area contributed by atoms with Gasteiger partial charge in [-0.25, -0.2) is 4.79 Å². The van der Waals surface area contributed by atoms with Crippen molar-refractivity contribution in [1.29, 1.82) is 0 Å². The van der Waals surface area contributed by atoms with Crippen LogP contribution in [-0.4, -0.2) is 172 Å². The molecule has 4 amide bonds. The number of rotatable bonds is 16. The number of nitrogens with one attached hydrogen (secondary N) is 3. The first-order valence-electron chi connectivity index (χ1n) is 16.6. The van der Waals surface area contributed by atoms with E-state index in [0.717, 1.165) is 0 Å². The zero-order chi connectivity index (χ0) is 36.2. The van der Waals surface area contributed by atoms with E-state index in [-0.39, 0.29) is 64.7 Å². The molecule has 0 saturated carbocycles. The van der Waals surface area contributed by atoms with Gasteiger partial charge < -0.3 is 75.5 Å². The van der Waals surface area contributed by atoms with Gasteiger partial charge in [0.05, 0.1) is 37.3 Å². The second-order valence-electron chi connectivity index (χ2n) is 12.7. The highest BCUT2D eigenvalue weighted by Crippen LogP contribution is 2.25. The Hall–Kier alpha value is -2.72. The fourth-order valence-corrected chi connectivity index (χ4v) is 5.90. The molecule has 3 fully saturated rings. The zero-order valence-corrected chi connectivity index (χ0v) is 27.8. The molecule has 19 heteroatoms. The molecule has 3 heterocycles. The highest BCUT2D eigenvalue weighted by molar-refractivity contribution is 5.85. The lowest BCUT2D eigenvalue weighted by atomic mass is 9.87. The van der Waals surface area contributed by atoms with Gasteiger partial charge >= 0.3 is 6.09 Å². The van der Waals surface area contributed by atoms with Gasteiger partial charge in [-0.1, -0.05) is 6.42 Å². The monoisotopic (exact) mass is 708 g/mol. The van der Waals surface area contributed by atoms with Gasteiger partial charge in [0.25, 0.3) is 0 Å². The number of unbranched alkanes of at least 4 members (excludes halogenated alkanes) is 2. The Morgan fingerprint density at radius 1 is 0.653 bits per heavy atom. The Morgan fingerprint density at radius 2 is 1.12 bits per heavy atom. The Balaban J connectivity index is 1.52. The summed E-state index contributed by atoms with van der Waals surface area (Å²) >= 11 is 0. The van der Waals surface area contributed by atoms with Crippen molar-refractivity contribution >= 4 is 23.8 Å². The largest absolute Gasteiger partial charge is 0.465 e. The fraction of sp³-hybridized carbons (Fsp3) is 0.867. The number of aliphatic hydroxyl groups excluding tert-OH is 6. The van der Waals surface area contributed by atoms with E-state index in [0.29, 0.717) is 19.3 Å². The number of carbonyl (C=O) groups excluding carboxylic acids is 3. The summed E-state index contributed by atoms with van der Waals surface area (Å²) in [7, 11) is 0. The van der Waals surface area contributed by atoms with E-state index in [9.17, 15) is 49.8 Å². The Kier molecular flexibility index (Phi) is 16.3. The molecular weight excluding hydrogens is 656 g/mol. The maximum absolute atomic E-state index is 13.2. The highest BCUT2D eigenvalue weighted by atomic mass is 16.7. The van der Waals surface area contributed by atoms with Crippen LogP contribution in [0, 0.1) is 11.8 Å². The average Bonchev–Trinajstić information content (AvgIpc) is 3.08. The number of nitrogens with zero attached hydrogens (tertiary/aromatic N) is 1. The van der Waals surface area contributed by atoms with E-state index in [1.54, 1.807) is 0 Å². The summed E-state index contributed by atoms with van der Waals surface area (Å²) in [6, 6.07) is 0. The van der Waals surface area contributed by atoms with Gasteiger partial charge in [-0.05, 0) is 33.1 Å². The molecule has 19 nitrogen and oxygen atoms in total. The summed E-state index contributed by atoms with van der Waals surface area (Å²) in [4.78, 5) is 51.6. The van der Waals surface area contributed by atoms with E-state index < -0.39 is 91.2 Å². The SMILES string of the molecule is C[C@@H]1O[C@@H](OCCNC(=O)C2CC(C(=O)NCCO[C@@H]3O[C@@H](C)[C@@H](O)[C@@H](O)[C@@H]3O)CN(C(=O)CCCCCNC(=O)O)C2)[C@@H](O)[C@H](O)[C@@H]1O. The predicted octanol–water partition coefficient (Wildman–Crippen LogP) is -3.80. The molecule has 12 atom stereocenters. The number of aliphatic hydroxyl groups is 6. The van der Waals surface area contributed by atoms with Crippen LogP contribution in [0.1, 0.15) is 46.0 Å². The van der Waals surface area contributed by atoms with E-state index in [2.05, 4.69) is 16.0 Å². The molecule has 3 saturated heterocycles. The summed E-state index contributed by atoms with van der Waals surface area (Å²) in [5.41, 5.74) is 0. The van der Waals surface area contributed by atoms with Crippen LogP contribution in [0.15, 0.2) is 0 Å². The molecule has 10 N–H and O–H groups in total. The van der Waals surface area contributed by atoms with Crippen molar-refractivity contribution in [3.8, 4) is 0 Å². The molecule has 2 unspecified atom stereocenters. The van der Waals surface area contributed by atoms with Crippen LogP contribution >= 0.6 is 0 Å². The number of hydrogen-bond donors (Lipinski definition) is 10. The van der Waals surface area contributed by atoms with Crippen LogP contribution in [0.4, 0.5) is 4.79 Å². The van der Waals surface area contributed by atoms with Crippen LogP contribution in [0.3, 0.4) is 0 Å². The third kappa shape index (κ3) is 11.9. The number of likely N-dealkylation sites (tertiary alicyclic amines) is 1. The van der Waals surface area contributed by atoms with Crippen LogP contribution in [-0.2, 0) is 33.3 Å². The number of carboxylic acid groups (broad SMARTS) is 1. The third-order valence-corrected chi connectivity index (χ3v) is 8.87. The second-order valence-corrected chi connectivity index (χ2v) is 12.7. The van der Waals surface area contributed by atoms with E-state index in [4.69, 9.17) is 24.1 Å². The van der Waals surface area contributed by atoms with E-state index >= 15 is 0 Å². The van der Waals surface area contributed by atoms with Crippen LogP contribution in [0.5, 0.6) is 0 Å². The smallest absolute Gasteiger partial charge is 0.404 e. The molecule has 3 aliphatic heterocycles. The van der Waals surface area contributed by atoms with Crippen molar-refractivity contribution in [3.05, 3.63) is 0 Å². The topological polar surface area (TPSA) is 286 Å². The van der Waals surface area contributed by atoms with Crippen molar-refractivity contribution in [2.24, 2.45) is 11.8 Å². The second kappa shape index (κ2) is 19.6. The maximum Gasteiger partial charge on any atom is 0.404 e. The lowest BCUT2D eigenvalue weighted by Gasteiger charge is -2.39. The molecular formula is C30H52N4O15. The number of amides is 4. The molecule has 3 rings (SSSR count). The minimum Gasteiger partial charge on any atom is -0.465 e. The third-order valence-electron chi connectivity index (χ3n) is 8.87. The van der Waals surface area contributed by atoms with Gasteiger partial charge in [-0.15, -0.1) is 0 Å². The summed E-state index contributed by atoms with van der Waals surface area (Å²) in [5.74, 6) is -2.63. The lowest BCUT2D eigenvalue weighted by molar-refractivity contribution is -0.292. The average molecular weight is 709 g/mol. The molecule has 0 aliphatic carbocycles. The molecule has 0 aromatic rings. The number of piperidine rings is 1. The molecule has 0 aromatic carbocycles. The normalized spacial score (nSPS) is 35.0. The minimum absolute atomic E-state index is 0.0130. The molecule has 0 aromatic heterocycles. The Bertz CT molecular complexity index is 1030. The predicted molar refractivity (Wildman–Crippen MR) is 165 cm³/mol. The summed E-state index contributed by atoms with van der Waals surface area (Å²) in [6.07, 6.45) is -11.8. The van der Waals surface area contributed by atoms with Crippen molar-refractivity contribution in [2.75, 3.05) is 45.9 Å². The number of carbonyl (C=O) groups is 4. The van der Waals surface area contributed by atoms with Crippen molar-refractivity contribution in [1.82, 2.24) is 20.9 Å². The maximum atomic E-state index is 13.2. The van der Waals surface area contributed by atoms with Gasteiger partial charge in [0.2, 0.25) is 17.7 Å². The van der Waals surface area contributed by atoms with Crippen molar-refractivity contribution < 1.29 is 73.9 Å². The van der Waals surface area contributed by atoms with Gasteiger partial charge in [-0.2, -0.15) is 0 Å². The highest BCUT2D eigenvalue weighted by Gasteiger charge is 2.43. The first-order valence-corrected chi connectivity index (χ1v) is 16.6. The molecule has 0 radical (unpaired) electrons. The number of ether oxygens (including phenoxy) is 4. The first kappa shape index (κ1) is 40.7. The summed E-state index contributed by atoms with van der Waals surface area (Å²) in [6.45, 7) is 3.17. The molecule has 0 spiro atoms. The Labute approximate surface area is 283 Å². The van der Waals surface area contributed by atoms with Crippen LogP contribution < -0.4 is 16.0 Å². The van der Waals surface area contributed by atoms with Gasteiger partial charge in [0, 0.05) is 39.1 Å². The summed E-state index contributed by atoms with van der Waals surface area (Å²) in [5, 5.41) is 76.2. The number of hydrogen-bond acceptors (Lipinski definition) is 14. The Morgan fingerprint density at radius 3 is 1.57 bits per heavy atom. The van der Waals surface area contributed by atoms with E-state index in [1.807, 2.05) is 0 Å². The summed E-state index contributed by atoms with van der Waals surface area (Å²) < 4.78 is 21.7. The van der Waals surface area contributed by atoms with Crippen LogP contribution in [0.2, 0.25) is 0 Å². The fourth-order valence-electron chi connectivity index (χ4n) is 5.90. The first-order chi connectivity index (χ1) is 23.2. The van der Waals surface area contributed by atoms with Crippen LogP contribution in [0.25, 0.3) is 0 Å². The molecule has 0 bridgehead atoms. The molecule has 282 valence electrons. The standard InChI is InChI=1S/C30H52N4O15/c1-15-20(36)22(38)24(40)28(48-15)46-10-8-31-26(42)17-12-18(14-34(13-17)19(35)6-4-3-5-7-33-30(44)45)27(43)32-9-11-47-29-25(41)23(39)21(37)16(2)49-29/h15-18,20-25,28-29,33,36-41H,3-14H2,1-2H3,(H,31,42)(H,32,43)(H,44,45)/t15-,16-,17?,18?,20+,21+,22+,23+,24-,25-,28+,29+/m0/s1. The molecule has 49 heavy (non-hydrogen) atoms. The minimum atomic E-state index is -1.50. The molecule has 3 aliphatic rings. The van der Waals surface area contributed by atoms with Gasteiger partial charge in [0.1, 0.15) is 36.6 Å². The van der Waals surface area contributed by atoms with Crippen molar-refractivity contribution in [3.63, 3.8) is 0 Å². The van der Waals surface area contributed by atoms with Gasteiger partial charge in [-0.3, -0.25) is 14.4 Å². The van der Waals surface area contributed by atoms with E-state index in [1.165, 1.54) is 18.7 Å². The lowest BCUT2D eigenvalue weighted by Crippen LogP contribution is -2.57. The van der Waals surface area contributed by atoms with Gasteiger partial charge in [0.15, 0.2) is 12.6 Å². The van der Waals surface area contributed by atoms with Crippen molar-refractivity contribution in [2.45, 2.75) is 107 Å². The zero-order valence-electron chi connectivity index (χ0n) is 27.8.